The zero-order valence-electron chi connectivity index (χ0n) is 18.5. The lowest BCUT2D eigenvalue weighted by molar-refractivity contribution is -0.384. The number of carboxylic acid groups (broad SMARTS) is 2. The Hall–Kier alpha value is -4.88. The van der Waals surface area contributed by atoms with E-state index < -0.39 is 33.2 Å². The Morgan fingerprint density at radius 2 is 1.22 bits per heavy atom. The fraction of sp³-hybridized carbons (Fsp3) is 0.273. The smallest absolute Gasteiger partial charge is 0.336 e. The van der Waals surface area contributed by atoms with Gasteiger partial charge in [0.25, 0.3) is 11.4 Å². The first-order chi connectivity index (χ1) is 17.1. The van der Waals surface area contributed by atoms with Gasteiger partial charge in [-0.05, 0) is 25.0 Å². The highest BCUT2D eigenvalue weighted by molar-refractivity contribution is 5.92. The number of rotatable bonds is 8. The van der Waals surface area contributed by atoms with Crippen LogP contribution in [-0.4, -0.2) is 57.3 Å². The van der Waals surface area contributed by atoms with Crippen molar-refractivity contribution in [1.29, 1.82) is 0 Å². The van der Waals surface area contributed by atoms with Gasteiger partial charge >= 0.3 is 11.9 Å². The second-order valence-corrected chi connectivity index (χ2v) is 8.11. The fourth-order valence-electron chi connectivity index (χ4n) is 3.90. The summed E-state index contributed by atoms with van der Waals surface area (Å²) in [6, 6.07) is 3.79. The van der Waals surface area contributed by atoms with Crippen LogP contribution in [0.2, 0.25) is 0 Å². The van der Waals surface area contributed by atoms with E-state index in [2.05, 4.69) is 10.6 Å². The molecule has 0 aliphatic carbocycles. The van der Waals surface area contributed by atoms with Gasteiger partial charge in [-0.15, -0.1) is 0 Å². The molecule has 2 unspecified atom stereocenters. The molecule has 2 atom stereocenters. The van der Waals surface area contributed by atoms with Crippen LogP contribution in [0.4, 0.5) is 22.7 Å². The number of ether oxygens (including phenoxy) is 2. The molecular weight excluding hydrogens is 480 g/mol. The molecule has 14 heteroatoms. The van der Waals surface area contributed by atoms with Gasteiger partial charge in [0.05, 0.1) is 33.1 Å². The maximum absolute atomic E-state index is 11.4. The second-order valence-electron chi connectivity index (χ2n) is 8.11. The van der Waals surface area contributed by atoms with Crippen molar-refractivity contribution in [2.75, 3.05) is 23.8 Å². The van der Waals surface area contributed by atoms with Gasteiger partial charge in [0.1, 0.15) is 24.7 Å². The lowest BCUT2D eigenvalue weighted by Crippen LogP contribution is -2.32. The van der Waals surface area contributed by atoms with Gasteiger partial charge in [0.2, 0.25) is 0 Å². The van der Waals surface area contributed by atoms with Crippen LogP contribution in [-0.2, 0) is 0 Å². The molecule has 2 aliphatic heterocycles. The van der Waals surface area contributed by atoms with E-state index in [0.717, 1.165) is 12.1 Å². The van der Waals surface area contributed by atoms with Crippen molar-refractivity contribution in [3.05, 3.63) is 67.8 Å². The number of nitro benzene ring substituents is 2. The first kappa shape index (κ1) is 24.3. The summed E-state index contributed by atoms with van der Waals surface area (Å²) in [7, 11) is 0. The van der Waals surface area contributed by atoms with E-state index >= 15 is 0 Å². The zero-order valence-corrected chi connectivity index (χ0v) is 18.5. The first-order valence-corrected chi connectivity index (χ1v) is 10.7. The number of hydrogen-bond donors (Lipinski definition) is 4. The molecule has 4 N–H and O–H groups in total. The number of aromatic carboxylic acids is 2. The minimum absolute atomic E-state index is 0.0942. The Balaban J connectivity index is 1.39. The topological polar surface area (TPSA) is 203 Å². The summed E-state index contributed by atoms with van der Waals surface area (Å²) >= 11 is 0. The zero-order chi connectivity index (χ0) is 26.0. The van der Waals surface area contributed by atoms with Crippen molar-refractivity contribution < 1.29 is 39.1 Å². The summed E-state index contributed by atoms with van der Waals surface area (Å²) in [5.41, 5.74) is -1.06. The predicted octanol–water partition coefficient (Wildman–Crippen LogP) is 3.28. The van der Waals surface area contributed by atoms with Gasteiger partial charge in [-0.3, -0.25) is 20.2 Å². The highest BCUT2D eigenvalue weighted by Crippen LogP contribution is 2.40. The SMILES string of the molecule is O=C(O)c1cc2c(c([N+](=O)[O-])c1)NC(C/C=C/CC1COc3cc(C(=O)O)cc([N+](=O)[O-])c3N1)CO2. The molecule has 0 bridgehead atoms. The molecule has 188 valence electrons. The highest BCUT2D eigenvalue weighted by atomic mass is 16.6. The van der Waals surface area contributed by atoms with Crippen LogP contribution < -0.4 is 20.1 Å². The van der Waals surface area contributed by atoms with Gasteiger partial charge in [0.15, 0.2) is 11.4 Å². The Bertz CT molecular complexity index is 1190. The normalized spacial score (nSPS) is 18.0. The molecule has 0 spiro atoms. The number of nitrogens with zero attached hydrogens (tertiary/aromatic N) is 2. The number of nitrogens with one attached hydrogen (secondary N) is 2. The third-order valence-corrected chi connectivity index (χ3v) is 5.63. The minimum atomic E-state index is -1.30. The van der Waals surface area contributed by atoms with E-state index in [-0.39, 0.29) is 59.3 Å². The largest absolute Gasteiger partial charge is 0.489 e. The molecule has 4 rings (SSSR count). The van der Waals surface area contributed by atoms with E-state index in [9.17, 15) is 29.8 Å². The maximum Gasteiger partial charge on any atom is 0.336 e. The van der Waals surface area contributed by atoms with E-state index in [0.29, 0.717) is 12.8 Å². The number of benzene rings is 2. The summed E-state index contributed by atoms with van der Waals surface area (Å²) in [5, 5.41) is 47.2. The number of fused-ring (bicyclic) bond motifs is 2. The van der Waals surface area contributed by atoms with Crippen molar-refractivity contribution in [2.45, 2.75) is 24.9 Å². The van der Waals surface area contributed by atoms with Gasteiger partial charge in [-0.2, -0.15) is 0 Å². The molecule has 0 saturated heterocycles. The van der Waals surface area contributed by atoms with Crippen molar-refractivity contribution >= 4 is 34.7 Å². The average Bonchev–Trinajstić information content (AvgIpc) is 2.84. The Morgan fingerprint density at radius 1 is 0.833 bits per heavy atom. The first-order valence-electron chi connectivity index (χ1n) is 10.7. The molecule has 0 saturated carbocycles. The lowest BCUT2D eigenvalue weighted by Gasteiger charge is -2.27. The van der Waals surface area contributed by atoms with Crippen LogP contribution in [0.15, 0.2) is 36.4 Å². The van der Waals surface area contributed by atoms with E-state index in [1.807, 2.05) is 12.2 Å². The van der Waals surface area contributed by atoms with Crippen LogP contribution >= 0.6 is 0 Å². The van der Waals surface area contributed by atoms with Gasteiger partial charge < -0.3 is 30.3 Å². The Morgan fingerprint density at radius 3 is 1.56 bits per heavy atom. The third kappa shape index (κ3) is 4.96. The standard InChI is InChI=1S/C22H20N4O10/c27-21(28)11-5-15(25(31)32)19-17(7-11)35-9-13(23-19)3-1-2-4-14-10-36-18-8-12(22(29)30)6-16(26(33)34)20(18)24-14/h1-2,5-8,13-14,23-24H,3-4,9-10H2,(H,27,28)(H,29,30)/b2-1+. The van der Waals surface area contributed by atoms with Crippen LogP contribution in [0.25, 0.3) is 0 Å². The van der Waals surface area contributed by atoms with Crippen molar-refractivity contribution in [2.24, 2.45) is 0 Å². The molecule has 2 heterocycles. The van der Waals surface area contributed by atoms with E-state index in [1.165, 1.54) is 12.1 Å². The van der Waals surface area contributed by atoms with Gasteiger partial charge in [-0.1, -0.05) is 12.2 Å². The molecule has 0 amide bonds. The van der Waals surface area contributed by atoms with Crippen molar-refractivity contribution in [1.82, 2.24) is 0 Å². The monoisotopic (exact) mass is 500 g/mol. The van der Waals surface area contributed by atoms with Gasteiger partial charge in [-0.25, -0.2) is 9.59 Å². The number of carbonyl (C=O) groups is 2. The Kier molecular flexibility index (Phi) is 6.58. The molecule has 2 aromatic carbocycles. The molecular formula is C22H20N4O10. The summed E-state index contributed by atoms with van der Waals surface area (Å²) in [6.07, 6.45) is 4.51. The van der Waals surface area contributed by atoms with Crippen LogP contribution in [0.1, 0.15) is 33.6 Å². The van der Waals surface area contributed by atoms with Crippen LogP contribution in [0, 0.1) is 20.2 Å². The molecule has 0 fully saturated rings. The molecule has 14 nitrogen and oxygen atoms in total. The Labute approximate surface area is 202 Å². The quantitative estimate of drug-likeness (QED) is 0.234. The minimum Gasteiger partial charge on any atom is -0.489 e. The summed E-state index contributed by atoms with van der Waals surface area (Å²) in [4.78, 5) is 43.9. The molecule has 36 heavy (non-hydrogen) atoms. The molecule has 2 aromatic rings. The number of carboxylic acids is 2. The number of nitro groups is 2. The summed E-state index contributed by atoms with van der Waals surface area (Å²) in [5.74, 6) is -2.41. The average molecular weight is 500 g/mol. The number of anilines is 2. The summed E-state index contributed by atoms with van der Waals surface area (Å²) in [6.45, 7) is 0.321. The third-order valence-electron chi connectivity index (χ3n) is 5.63. The molecule has 0 aromatic heterocycles. The fourth-order valence-corrected chi connectivity index (χ4v) is 3.90. The number of hydrogen-bond acceptors (Lipinski definition) is 10. The van der Waals surface area contributed by atoms with E-state index in [4.69, 9.17) is 19.7 Å². The molecule has 0 radical (unpaired) electrons. The highest BCUT2D eigenvalue weighted by Gasteiger charge is 2.30. The summed E-state index contributed by atoms with van der Waals surface area (Å²) < 4.78 is 11.1. The second kappa shape index (κ2) is 9.77. The van der Waals surface area contributed by atoms with Crippen LogP contribution in [0.3, 0.4) is 0 Å². The molecule has 2 aliphatic rings. The van der Waals surface area contributed by atoms with Crippen LogP contribution in [0.5, 0.6) is 11.5 Å². The van der Waals surface area contributed by atoms with Crippen molar-refractivity contribution in [3.8, 4) is 11.5 Å². The van der Waals surface area contributed by atoms with Gasteiger partial charge in [0, 0.05) is 12.1 Å². The lowest BCUT2D eigenvalue weighted by atomic mass is 10.1. The predicted molar refractivity (Wildman–Crippen MR) is 124 cm³/mol. The van der Waals surface area contributed by atoms with Crippen molar-refractivity contribution in [3.63, 3.8) is 0 Å². The maximum atomic E-state index is 11.4. The van der Waals surface area contributed by atoms with E-state index in [1.54, 1.807) is 0 Å².